The van der Waals surface area contributed by atoms with E-state index in [2.05, 4.69) is 65.8 Å². The molecule has 2 rings (SSSR count). The van der Waals surface area contributed by atoms with E-state index in [1.54, 1.807) is 5.57 Å². The maximum Gasteiger partial charge on any atom is 0.00832 e. The fourth-order valence-corrected chi connectivity index (χ4v) is 2.52. The standard InChI is InChI=1S/C16H24/c1-15(2,3)12-9-11-7-8-13(11)14(10-12)16(4,5)6/h7-11,13H,1-6H3. The van der Waals surface area contributed by atoms with Gasteiger partial charge in [0.1, 0.15) is 0 Å². The van der Waals surface area contributed by atoms with Crippen molar-refractivity contribution in [1.29, 1.82) is 0 Å². The Morgan fingerprint density at radius 3 is 1.88 bits per heavy atom. The molecule has 2 unspecified atom stereocenters. The van der Waals surface area contributed by atoms with Gasteiger partial charge < -0.3 is 0 Å². The van der Waals surface area contributed by atoms with Gasteiger partial charge in [0, 0.05) is 11.8 Å². The van der Waals surface area contributed by atoms with Crippen LogP contribution in [0.5, 0.6) is 0 Å². The Morgan fingerprint density at radius 2 is 1.50 bits per heavy atom. The number of allylic oxidation sites excluding steroid dienone is 6. The van der Waals surface area contributed by atoms with E-state index < -0.39 is 0 Å². The van der Waals surface area contributed by atoms with Gasteiger partial charge >= 0.3 is 0 Å². The number of fused-ring (bicyclic) bond motifs is 1. The molecule has 0 heteroatoms. The zero-order chi connectivity index (χ0) is 12.1. The van der Waals surface area contributed by atoms with Gasteiger partial charge in [-0.1, -0.05) is 71.4 Å². The lowest BCUT2D eigenvalue weighted by Gasteiger charge is -2.41. The molecule has 0 saturated carbocycles. The normalized spacial score (nSPS) is 29.1. The van der Waals surface area contributed by atoms with Crippen LogP contribution in [0.1, 0.15) is 41.5 Å². The Balaban J connectivity index is 2.42. The van der Waals surface area contributed by atoms with Crippen molar-refractivity contribution in [3.05, 3.63) is 35.5 Å². The molecule has 0 radical (unpaired) electrons. The monoisotopic (exact) mass is 216 g/mol. The zero-order valence-electron chi connectivity index (χ0n) is 11.5. The average molecular weight is 216 g/mol. The molecule has 0 spiro atoms. The molecule has 0 nitrogen and oxygen atoms in total. The number of hydrogen-bond acceptors (Lipinski definition) is 0. The van der Waals surface area contributed by atoms with Crippen LogP contribution in [0.3, 0.4) is 0 Å². The molecular weight excluding hydrogens is 192 g/mol. The van der Waals surface area contributed by atoms with Gasteiger partial charge in [0.25, 0.3) is 0 Å². The molecule has 0 N–H and O–H groups in total. The Labute approximate surface area is 100 Å². The molecule has 88 valence electrons. The second kappa shape index (κ2) is 3.35. The van der Waals surface area contributed by atoms with E-state index in [1.165, 1.54) is 5.57 Å². The molecule has 16 heavy (non-hydrogen) atoms. The topological polar surface area (TPSA) is 0 Å². The third-order valence-electron chi connectivity index (χ3n) is 3.73. The Bertz CT molecular complexity index is 377. The molecule has 0 fully saturated rings. The van der Waals surface area contributed by atoms with Crippen molar-refractivity contribution in [2.75, 3.05) is 0 Å². The molecule has 0 saturated heterocycles. The quantitative estimate of drug-likeness (QED) is 0.513. The van der Waals surface area contributed by atoms with Gasteiger partial charge in [0.2, 0.25) is 0 Å². The summed E-state index contributed by atoms with van der Waals surface area (Å²) in [5.41, 5.74) is 3.67. The predicted octanol–water partition coefficient (Wildman–Crippen LogP) is 4.75. The zero-order valence-corrected chi connectivity index (χ0v) is 11.5. The highest BCUT2D eigenvalue weighted by Crippen LogP contribution is 2.47. The summed E-state index contributed by atoms with van der Waals surface area (Å²) in [4.78, 5) is 0. The second-order valence-corrected chi connectivity index (χ2v) is 7.21. The van der Waals surface area contributed by atoms with Crippen LogP contribution >= 0.6 is 0 Å². The highest BCUT2D eigenvalue weighted by molar-refractivity contribution is 5.44. The molecule has 0 aromatic rings. The van der Waals surface area contributed by atoms with Crippen LogP contribution in [0.15, 0.2) is 35.5 Å². The van der Waals surface area contributed by atoms with Gasteiger partial charge in [-0.15, -0.1) is 0 Å². The first-order valence-electron chi connectivity index (χ1n) is 6.32. The van der Waals surface area contributed by atoms with Crippen LogP contribution in [-0.4, -0.2) is 0 Å². The molecule has 0 bridgehead atoms. The van der Waals surface area contributed by atoms with Crippen molar-refractivity contribution in [2.24, 2.45) is 22.7 Å². The minimum atomic E-state index is 0.269. The summed E-state index contributed by atoms with van der Waals surface area (Å²) in [5, 5.41) is 0. The molecule has 2 atom stereocenters. The molecule has 0 amide bonds. The fraction of sp³-hybridized carbons (Fsp3) is 0.625. The molecule has 0 heterocycles. The largest absolute Gasteiger partial charge is 0.0801 e. The highest BCUT2D eigenvalue weighted by Gasteiger charge is 2.36. The average Bonchev–Trinajstić information content (AvgIpc) is 2.02. The van der Waals surface area contributed by atoms with Crippen LogP contribution in [-0.2, 0) is 0 Å². The summed E-state index contributed by atoms with van der Waals surface area (Å²) in [6.07, 6.45) is 9.61. The number of hydrogen-bond donors (Lipinski definition) is 0. The van der Waals surface area contributed by atoms with E-state index in [1.807, 2.05) is 0 Å². The maximum atomic E-state index is 2.46. The summed E-state index contributed by atoms with van der Waals surface area (Å²) < 4.78 is 0. The summed E-state index contributed by atoms with van der Waals surface area (Å²) in [7, 11) is 0. The third kappa shape index (κ3) is 1.90. The highest BCUT2D eigenvalue weighted by atomic mass is 14.4. The SMILES string of the molecule is CC(C)(C)C1=CC2C=CC2C(C(C)(C)C)=C1. The first-order valence-corrected chi connectivity index (χ1v) is 6.32. The van der Waals surface area contributed by atoms with Crippen molar-refractivity contribution in [3.8, 4) is 0 Å². The molecule has 0 aromatic carbocycles. The summed E-state index contributed by atoms with van der Waals surface area (Å²) in [6.45, 7) is 13.9. The minimum absolute atomic E-state index is 0.269. The molecule has 2 aliphatic rings. The summed E-state index contributed by atoms with van der Waals surface area (Å²) in [6, 6.07) is 0. The van der Waals surface area contributed by atoms with Crippen LogP contribution < -0.4 is 0 Å². The first-order chi connectivity index (χ1) is 7.19. The minimum Gasteiger partial charge on any atom is -0.0801 e. The van der Waals surface area contributed by atoms with Crippen LogP contribution in [0.2, 0.25) is 0 Å². The third-order valence-corrected chi connectivity index (χ3v) is 3.73. The van der Waals surface area contributed by atoms with Crippen molar-refractivity contribution in [3.63, 3.8) is 0 Å². The van der Waals surface area contributed by atoms with Gasteiger partial charge in [-0.3, -0.25) is 0 Å². The smallest absolute Gasteiger partial charge is 0.00832 e. The Kier molecular flexibility index (Phi) is 2.45. The van der Waals surface area contributed by atoms with Crippen LogP contribution in [0.4, 0.5) is 0 Å². The lowest BCUT2D eigenvalue weighted by atomic mass is 9.63. The molecular formula is C16H24. The van der Waals surface area contributed by atoms with E-state index in [0.29, 0.717) is 17.3 Å². The van der Waals surface area contributed by atoms with E-state index >= 15 is 0 Å². The van der Waals surface area contributed by atoms with Gasteiger partial charge in [-0.25, -0.2) is 0 Å². The van der Waals surface area contributed by atoms with Crippen molar-refractivity contribution < 1.29 is 0 Å². The van der Waals surface area contributed by atoms with Crippen LogP contribution in [0, 0.1) is 22.7 Å². The van der Waals surface area contributed by atoms with E-state index in [9.17, 15) is 0 Å². The van der Waals surface area contributed by atoms with E-state index in [0.717, 1.165) is 0 Å². The molecule has 2 aliphatic carbocycles. The second-order valence-electron chi connectivity index (χ2n) is 7.21. The molecule has 0 aromatic heterocycles. The summed E-state index contributed by atoms with van der Waals surface area (Å²) >= 11 is 0. The summed E-state index contributed by atoms with van der Waals surface area (Å²) in [5.74, 6) is 1.33. The maximum absolute atomic E-state index is 2.46. The van der Waals surface area contributed by atoms with Crippen molar-refractivity contribution in [1.82, 2.24) is 0 Å². The van der Waals surface area contributed by atoms with E-state index in [4.69, 9.17) is 0 Å². The van der Waals surface area contributed by atoms with Gasteiger partial charge in [-0.2, -0.15) is 0 Å². The van der Waals surface area contributed by atoms with Crippen LogP contribution in [0.25, 0.3) is 0 Å². The lowest BCUT2D eigenvalue weighted by Crippen LogP contribution is -2.30. The van der Waals surface area contributed by atoms with Gasteiger partial charge in [-0.05, 0) is 16.4 Å². The first kappa shape index (κ1) is 11.7. The lowest BCUT2D eigenvalue weighted by molar-refractivity contribution is 0.393. The van der Waals surface area contributed by atoms with Crippen molar-refractivity contribution >= 4 is 0 Å². The van der Waals surface area contributed by atoms with Gasteiger partial charge in [0.15, 0.2) is 0 Å². The Hall–Kier alpha value is -0.780. The molecule has 0 aliphatic heterocycles. The van der Waals surface area contributed by atoms with Gasteiger partial charge in [0.05, 0.1) is 0 Å². The number of rotatable bonds is 0. The van der Waals surface area contributed by atoms with Crippen molar-refractivity contribution in [2.45, 2.75) is 41.5 Å². The fourth-order valence-electron chi connectivity index (χ4n) is 2.52. The predicted molar refractivity (Wildman–Crippen MR) is 71.2 cm³/mol. The Morgan fingerprint density at radius 1 is 0.875 bits per heavy atom. The van der Waals surface area contributed by atoms with E-state index in [-0.39, 0.29) is 5.41 Å².